The van der Waals surface area contributed by atoms with Crippen molar-refractivity contribution in [1.29, 1.82) is 0 Å². The van der Waals surface area contributed by atoms with Crippen molar-refractivity contribution in [2.75, 3.05) is 0 Å². The van der Waals surface area contributed by atoms with Gasteiger partial charge in [-0.3, -0.25) is 4.79 Å². The summed E-state index contributed by atoms with van der Waals surface area (Å²) < 4.78 is 0.949. The number of carboxylic acid groups (broad SMARTS) is 1. The number of carbonyl (C=O) groups is 1. The maximum atomic E-state index is 10.4. The van der Waals surface area contributed by atoms with E-state index in [0.29, 0.717) is 6.42 Å². The van der Waals surface area contributed by atoms with E-state index in [4.69, 9.17) is 5.11 Å². The van der Waals surface area contributed by atoms with Gasteiger partial charge in [-0.25, -0.2) is 0 Å². The van der Waals surface area contributed by atoms with E-state index in [1.54, 1.807) is 0 Å². The minimum absolute atomic E-state index is 0.186. The number of aryl methyl sites for hydroxylation is 1. The van der Waals surface area contributed by atoms with Crippen LogP contribution < -0.4 is 0 Å². The number of aliphatic carboxylic acids is 1. The van der Waals surface area contributed by atoms with Crippen LogP contribution >= 0.6 is 15.9 Å². The van der Waals surface area contributed by atoms with E-state index in [1.807, 2.05) is 13.8 Å². The maximum absolute atomic E-state index is 10.4. The van der Waals surface area contributed by atoms with E-state index in [1.165, 1.54) is 0 Å². The predicted molar refractivity (Wildman–Crippen MR) is 53.9 cm³/mol. The molecule has 1 aromatic rings. The van der Waals surface area contributed by atoms with E-state index in [2.05, 4.69) is 20.9 Å². The van der Waals surface area contributed by atoms with Gasteiger partial charge in [0.15, 0.2) is 0 Å². The van der Waals surface area contributed by atoms with Crippen LogP contribution in [0, 0.1) is 13.8 Å². The van der Waals surface area contributed by atoms with Gasteiger partial charge in [0.1, 0.15) is 0 Å². The summed E-state index contributed by atoms with van der Waals surface area (Å²) in [7, 11) is 0. The van der Waals surface area contributed by atoms with Crippen LogP contribution in [0.5, 0.6) is 0 Å². The molecule has 0 amide bonds. The Hall–Kier alpha value is -0.770. The summed E-state index contributed by atoms with van der Waals surface area (Å²) in [5, 5.41) is 8.54. The van der Waals surface area contributed by atoms with Crippen molar-refractivity contribution in [1.82, 2.24) is 4.98 Å². The topological polar surface area (TPSA) is 53.1 Å². The Morgan fingerprint density at radius 1 is 1.54 bits per heavy atom. The van der Waals surface area contributed by atoms with Gasteiger partial charge >= 0.3 is 5.97 Å². The number of hydrogen-bond donors (Lipinski definition) is 2. The number of hydrogen-bond acceptors (Lipinski definition) is 1. The van der Waals surface area contributed by atoms with Gasteiger partial charge in [-0.05, 0) is 47.3 Å². The fourth-order valence-electron chi connectivity index (χ4n) is 1.35. The van der Waals surface area contributed by atoms with Gasteiger partial charge in [-0.15, -0.1) is 0 Å². The van der Waals surface area contributed by atoms with E-state index < -0.39 is 5.97 Å². The normalized spacial score (nSPS) is 10.4. The molecule has 13 heavy (non-hydrogen) atoms. The zero-order valence-corrected chi connectivity index (χ0v) is 9.23. The molecule has 0 aliphatic rings. The average Bonchev–Trinajstić information content (AvgIpc) is 2.24. The molecule has 0 spiro atoms. The van der Waals surface area contributed by atoms with Crippen LogP contribution in [0.3, 0.4) is 0 Å². The van der Waals surface area contributed by atoms with Crippen molar-refractivity contribution in [2.24, 2.45) is 0 Å². The lowest BCUT2D eigenvalue weighted by Crippen LogP contribution is -1.98. The lowest BCUT2D eigenvalue weighted by atomic mass is 10.1. The van der Waals surface area contributed by atoms with Crippen LogP contribution in [0.2, 0.25) is 0 Å². The zero-order valence-electron chi connectivity index (χ0n) is 7.65. The minimum Gasteiger partial charge on any atom is -0.481 e. The van der Waals surface area contributed by atoms with E-state index in [0.717, 1.165) is 21.4 Å². The predicted octanol–water partition coefficient (Wildman–Crippen LogP) is 2.41. The molecule has 0 bridgehead atoms. The summed E-state index contributed by atoms with van der Waals surface area (Å²) in [5.74, 6) is -0.754. The van der Waals surface area contributed by atoms with Crippen LogP contribution in [-0.2, 0) is 11.2 Å². The molecule has 3 nitrogen and oxygen atoms in total. The quantitative estimate of drug-likeness (QED) is 0.860. The summed E-state index contributed by atoms with van der Waals surface area (Å²) in [6.07, 6.45) is 0.779. The number of carboxylic acids is 1. The summed E-state index contributed by atoms with van der Waals surface area (Å²) in [6.45, 7) is 3.93. The number of halogens is 1. The molecular formula is C9H12BrNO2. The summed E-state index contributed by atoms with van der Waals surface area (Å²) in [4.78, 5) is 13.5. The highest BCUT2D eigenvalue weighted by atomic mass is 79.9. The summed E-state index contributed by atoms with van der Waals surface area (Å²) >= 11 is 3.37. The Morgan fingerprint density at radius 2 is 2.15 bits per heavy atom. The molecule has 2 N–H and O–H groups in total. The molecule has 0 fully saturated rings. The highest BCUT2D eigenvalue weighted by molar-refractivity contribution is 9.10. The molecule has 0 unspecified atom stereocenters. The van der Waals surface area contributed by atoms with Crippen LogP contribution in [-0.4, -0.2) is 16.1 Å². The molecular weight excluding hydrogens is 234 g/mol. The second kappa shape index (κ2) is 3.96. The second-order valence-electron chi connectivity index (χ2n) is 3.06. The van der Waals surface area contributed by atoms with E-state index in [-0.39, 0.29) is 6.42 Å². The minimum atomic E-state index is -0.754. The van der Waals surface area contributed by atoms with Crippen LogP contribution in [0.15, 0.2) is 4.60 Å². The molecule has 1 rings (SSSR count). The van der Waals surface area contributed by atoms with Crippen molar-refractivity contribution in [2.45, 2.75) is 26.7 Å². The number of aromatic nitrogens is 1. The number of aromatic amines is 1. The molecule has 1 heterocycles. The second-order valence-corrected chi connectivity index (χ2v) is 3.85. The van der Waals surface area contributed by atoms with Crippen LogP contribution in [0.25, 0.3) is 0 Å². The zero-order chi connectivity index (χ0) is 10.0. The van der Waals surface area contributed by atoms with Gasteiger partial charge in [0.05, 0.1) is 4.60 Å². The number of H-pyrrole nitrogens is 1. The van der Waals surface area contributed by atoms with E-state index >= 15 is 0 Å². The standard InChI is InChI=1S/C9H12BrNO2/c1-5-7(3-4-8(12)13)6(2)11-9(5)10/h11H,3-4H2,1-2H3,(H,12,13). The first kappa shape index (κ1) is 10.3. The van der Waals surface area contributed by atoms with Gasteiger partial charge in [0.2, 0.25) is 0 Å². The Bertz CT molecular complexity index is 331. The Kier molecular flexibility index (Phi) is 3.14. The summed E-state index contributed by atoms with van der Waals surface area (Å²) in [6, 6.07) is 0. The highest BCUT2D eigenvalue weighted by Crippen LogP contribution is 2.23. The molecule has 0 saturated heterocycles. The SMILES string of the molecule is Cc1[nH]c(Br)c(C)c1CCC(=O)O. The van der Waals surface area contributed by atoms with Crippen molar-refractivity contribution < 1.29 is 9.90 Å². The largest absolute Gasteiger partial charge is 0.481 e. The van der Waals surface area contributed by atoms with Crippen LogP contribution in [0.4, 0.5) is 0 Å². The number of nitrogens with one attached hydrogen (secondary N) is 1. The van der Waals surface area contributed by atoms with Gasteiger partial charge < -0.3 is 10.1 Å². The molecule has 4 heteroatoms. The highest BCUT2D eigenvalue weighted by Gasteiger charge is 2.10. The van der Waals surface area contributed by atoms with Gasteiger partial charge in [0, 0.05) is 12.1 Å². The van der Waals surface area contributed by atoms with Crippen molar-refractivity contribution in [3.63, 3.8) is 0 Å². The molecule has 1 aromatic heterocycles. The van der Waals surface area contributed by atoms with Gasteiger partial charge in [-0.2, -0.15) is 0 Å². The monoisotopic (exact) mass is 245 g/mol. The average molecular weight is 246 g/mol. The van der Waals surface area contributed by atoms with Crippen molar-refractivity contribution in [3.05, 3.63) is 21.4 Å². The third kappa shape index (κ3) is 2.34. The first-order valence-corrected chi connectivity index (χ1v) is 4.87. The maximum Gasteiger partial charge on any atom is 0.303 e. The molecule has 0 aliphatic carbocycles. The van der Waals surface area contributed by atoms with E-state index in [9.17, 15) is 4.79 Å². The third-order valence-electron chi connectivity index (χ3n) is 2.12. The number of rotatable bonds is 3. The summed E-state index contributed by atoms with van der Waals surface area (Å²) in [5.41, 5.74) is 3.26. The molecule has 72 valence electrons. The molecule has 0 aliphatic heterocycles. The fraction of sp³-hybridized carbons (Fsp3) is 0.444. The third-order valence-corrected chi connectivity index (χ3v) is 2.91. The van der Waals surface area contributed by atoms with Gasteiger partial charge in [0.25, 0.3) is 0 Å². The Morgan fingerprint density at radius 3 is 2.54 bits per heavy atom. The molecule has 0 aromatic carbocycles. The van der Waals surface area contributed by atoms with Crippen molar-refractivity contribution >= 4 is 21.9 Å². The van der Waals surface area contributed by atoms with Gasteiger partial charge in [-0.1, -0.05) is 0 Å². The fourth-order valence-corrected chi connectivity index (χ4v) is 1.89. The first-order valence-electron chi connectivity index (χ1n) is 4.07. The Balaban J connectivity index is 2.81. The smallest absolute Gasteiger partial charge is 0.303 e. The lowest BCUT2D eigenvalue weighted by Gasteiger charge is -1.98. The lowest BCUT2D eigenvalue weighted by molar-refractivity contribution is -0.136. The first-order chi connectivity index (χ1) is 6.02. The molecule has 0 saturated carbocycles. The van der Waals surface area contributed by atoms with Crippen molar-refractivity contribution in [3.8, 4) is 0 Å². The molecule has 0 atom stereocenters. The molecule has 0 radical (unpaired) electrons. The Labute approximate surface area is 85.3 Å². The van der Waals surface area contributed by atoms with Crippen LogP contribution in [0.1, 0.15) is 23.2 Å².